The van der Waals surface area contributed by atoms with Gasteiger partial charge in [0.15, 0.2) is 92.1 Å². The van der Waals surface area contributed by atoms with Gasteiger partial charge in [0.05, 0.1) is 70.7 Å². The lowest BCUT2D eigenvalue weighted by Crippen LogP contribution is -2.30. The van der Waals surface area contributed by atoms with Crippen molar-refractivity contribution in [2.75, 3.05) is 66.1 Å². The maximum absolute atomic E-state index is 14.9. The highest BCUT2D eigenvalue weighted by Gasteiger charge is 2.37. The monoisotopic (exact) mass is 1730 g/mol. The van der Waals surface area contributed by atoms with Crippen molar-refractivity contribution in [3.05, 3.63) is 249 Å². The third kappa shape index (κ3) is 21.3. The van der Waals surface area contributed by atoms with Crippen LogP contribution in [0, 0.1) is 93.5 Å². The van der Waals surface area contributed by atoms with Gasteiger partial charge in [-0.05, 0) is 157 Å². The smallest absolute Gasteiger partial charge is 0.207 e. The Balaban J connectivity index is 0.000000142. The fourth-order valence-electron chi connectivity index (χ4n) is 16.3. The summed E-state index contributed by atoms with van der Waals surface area (Å²) >= 11 is 0. The summed E-state index contributed by atoms with van der Waals surface area (Å²) in [5.41, 5.74) is 4.79. The molecule has 16 rings (SSSR count). The Bertz CT molecular complexity index is 5120. The van der Waals surface area contributed by atoms with E-state index in [1.165, 1.54) is 36.4 Å². The first-order valence-corrected chi connectivity index (χ1v) is 42.7. The SMILES string of the molecule is C=CC1CCC(COc2cc3c(c(F)c2F)Oc2c(ccc(OCC)c2F)C3)CO1.C=CCCc1ccc2c(c1F)Oc1c(cc(OCC3CCC(C=C)CO3)c(F)c1F)C2.C=CCCc1ccc2c(c1F)Oc1c(cc(OCC3CCC(CCC)CO3)c(F)c1F)C2.CCCC1CCC(COc2cc3c(c(F)c2F)Oc2c(ccc(OCC)c2F)C3)CO1. The summed E-state index contributed by atoms with van der Waals surface area (Å²) in [7, 11) is 0. The largest absolute Gasteiger partial charge is 0.491 e. The van der Waals surface area contributed by atoms with E-state index in [0.29, 0.717) is 120 Å². The van der Waals surface area contributed by atoms with Gasteiger partial charge in [0.2, 0.25) is 58.2 Å². The third-order valence-corrected chi connectivity index (χ3v) is 23.2. The van der Waals surface area contributed by atoms with Crippen molar-refractivity contribution in [2.45, 2.75) is 181 Å². The molecule has 26 heteroatoms. The zero-order valence-corrected chi connectivity index (χ0v) is 70.1. The average Bonchev–Trinajstić information content (AvgIpc) is 0.779. The molecule has 8 aromatic carbocycles. The van der Waals surface area contributed by atoms with Crippen LogP contribution in [-0.4, -0.2) is 90.5 Å². The number of ether oxygens (including phenoxy) is 14. The van der Waals surface area contributed by atoms with Gasteiger partial charge in [-0.1, -0.05) is 87.4 Å². The molecule has 0 amide bonds. The first-order valence-electron chi connectivity index (χ1n) is 42.7. The predicted molar refractivity (Wildman–Crippen MR) is 444 cm³/mol. The normalized spacial score (nSPS) is 19.8. The Hall–Kier alpha value is -10.3. The van der Waals surface area contributed by atoms with E-state index >= 15 is 0 Å². The molecule has 0 aromatic heterocycles. The lowest BCUT2D eigenvalue weighted by molar-refractivity contribution is -0.0397. The molecule has 124 heavy (non-hydrogen) atoms. The van der Waals surface area contributed by atoms with E-state index in [-0.39, 0.29) is 182 Å². The van der Waals surface area contributed by atoms with Crippen molar-refractivity contribution in [1.82, 2.24) is 0 Å². The van der Waals surface area contributed by atoms with Crippen molar-refractivity contribution < 1.29 is 119 Å². The van der Waals surface area contributed by atoms with E-state index in [1.54, 1.807) is 68.5 Å². The summed E-state index contributed by atoms with van der Waals surface area (Å²) in [4.78, 5) is 0. The highest BCUT2D eigenvalue weighted by atomic mass is 19.2. The van der Waals surface area contributed by atoms with Crippen LogP contribution in [0.1, 0.15) is 173 Å². The molecule has 8 aliphatic heterocycles. The second-order valence-electron chi connectivity index (χ2n) is 32.1. The Labute approximate surface area is 715 Å². The summed E-state index contributed by atoms with van der Waals surface area (Å²) < 4.78 is 254. The number of allylic oxidation sites excluding steroid dienone is 2. The van der Waals surface area contributed by atoms with Crippen LogP contribution in [0.5, 0.6) is 80.5 Å². The molecule has 0 saturated carbocycles. The topological polar surface area (TPSA) is 129 Å². The standard InChI is InChI=1S/C26H29F3O3.C25H25F3O3.C24H27F3O4.C23H23F3O4/c1-3-5-7-17-9-10-18-12-19-13-21(23(28)24(29)26(19)32-25(18)22(17)27)31-15-20-11-8-16(6-4-2)14-30-20;1-3-5-6-16-8-9-17-11-18-12-20(30-14-19-10-7-15(4-2)13-29-19)22(27)23(28)25(18)31-24(17)21(16)26;1-3-5-17-8-6-14(12-29-17)13-30-19-11-16-10-15-7-9-18(28-4-2)21(26)23(15)31-24(16)22(27)20(19)25;1-3-16-7-5-13(11-28-16)12-29-18-10-15-9-14-6-8-17(27-4-2)20(25)22(14)30-23(15)21(26)19(18)24/h3,9-10,13,16,20H,1,4-8,11-12,14-15H2,2H3;3-4,8-9,12,15,19H,1-2,5-7,10-11,13-14H2;7,9,11,14,17H,3-6,8,10,12-13H2,1-2H3;3,6,8,10,13,16H,1,4-5,7,9,11-12H2,2H3. The quantitative estimate of drug-likeness (QED) is 0.0341. The summed E-state index contributed by atoms with van der Waals surface area (Å²) in [5, 5.41) is 0. The molecule has 4 fully saturated rings. The van der Waals surface area contributed by atoms with E-state index in [2.05, 4.69) is 40.2 Å². The molecule has 8 unspecified atom stereocenters. The number of fused-ring (bicyclic) bond motifs is 8. The molecule has 0 bridgehead atoms. The van der Waals surface area contributed by atoms with Crippen LogP contribution in [0.25, 0.3) is 0 Å². The van der Waals surface area contributed by atoms with Crippen molar-refractivity contribution in [1.29, 1.82) is 0 Å². The summed E-state index contributed by atoms with van der Waals surface area (Å²) in [6, 6.07) is 19.0. The van der Waals surface area contributed by atoms with Gasteiger partial charge in [-0.15, -0.1) is 26.3 Å². The fourth-order valence-corrected chi connectivity index (χ4v) is 16.3. The minimum absolute atomic E-state index is 0.00827. The number of rotatable bonds is 28. The van der Waals surface area contributed by atoms with Gasteiger partial charge in [0.1, 0.15) is 13.2 Å². The zero-order chi connectivity index (χ0) is 87.8. The number of benzene rings is 8. The molecule has 8 heterocycles. The predicted octanol–water partition coefficient (Wildman–Crippen LogP) is 24.9. The van der Waals surface area contributed by atoms with Gasteiger partial charge < -0.3 is 66.3 Å². The van der Waals surface area contributed by atoms with Gasteiger partial charge in [0.25, 0.3) is 0 Å². The van der Waals surface area contributed by atoms with E-state index in [0.717, 1.165) is 77.0 Å². The van der Waals surface area contributed by atoms with E-state index in [9.17, 15) is 52.7 Å². The van der Waals surface area contributed by atoms with Crippen molar-refractivity contribution in [3.63, 3.8) is 0 Å². The Morgan fingerprint density at radius 2 is 0.661 bits per heavy atom. The first kappa shape index (κ1) is 91.4. The minimum Gasteiger partial charge on any atom is -0.491 e. The number of halogens is 12. The molecular weight excluding hydrogens is 1630 g/mol. The van der Waals surface area contributed by atoms with Crippen LogP contribution < -0.4 is 47.4 Å². The fraction of sp³-hybridized carbons (Fsp3) is 0.429. The van der Waals surface area contributed by atoms with E-state index in [1.807, 2.05) is 6.08 Å². The molecule has 0 aliphatic carbocycles. The molecule has 664 valence electrons. The second-order valence-corrected chi connectivity index (χ2v) is 32.1. The third-order valence-electron chi connectivity index (χ3n) is 23.2. The molecule has 0 N–H and O–H groups in total. The highest BCUT2D eigenvalue weighted by Crippen LogP contribution is 2.50. The number of aryl methyl sites for hydroxylation is 2. The lowest BCUT2D eigenvalue weighted by Gasteiger charge is -2.29. The van der Waals surface area contributed by atoms with E-state index in [4.69, 9.17) is 66.3 Å². The summed E-state index contributed by atoms with van der Waals surface area (Å²) in [6.07, 6.45) is 21.5. The van der Waals surface area contributed by atoms with Gasteiger partial charge in [-0.25, -0.2) is 8.78 Å². The van der Waals surface area contributed by atoms with E-state index < -0.39 is 69.8 Å². The molecule has 8 atom stereocenters. The molecule has 0 radical (unpaired) electrons. The molecular formula is C98H104F12O14. The van der Waals surface area contributed by atoms with Gasteiger partial charge >= 0.3 is 0 Å². The number of hydrogen-bond acceptors (Lipinski definition) is 14. The van der Waals surface area contributed by atoms with Crippen LogP contribution in [0.3, 0.4) is 0 Å². The van der Waals surface area contributed by atoms with Crippen LogP contribution in [0.15, 0.2) is 123 Å². The van der Waals surface area contributed by atoms with Crippen molar-refractivity contribution in [3.8, 4) is 80.5 Å². The van der Waals surface area contributed by atoms with Gasteiger partial charge in [0, 0.05) is 94.6 Å². The summed E-state index contributed by atoms with van der Waals surface area (Å²) in [6.45, 7) is 26.0. The maximum atomic E-state index is 14.9. The van der Waals surface area contributed by atoms with Crippen LogP contribution >= 0.6 is 0 Å². The molecule has 14 nitrogen and oxygen atoms in total. The van der Waals surface area contributed by atoms with Crippen molar-refractivity contribution in [2.24, 2.45) is 23.7 Å². The van der Waals surface area contributed by atoms with Crippen LogP contribution in [0.4, 0.5) is 52.7 Å². The van der Waals surface area contributed by atoms with Crippen LogP contribution in [-0.2, 0) is 57.5 Å². The lowest BCUT2D eigenvalue weighted by atomic mass is 9.94. The maximum Gasteiger partial charge on any atom is 0.207 e. The Morgan fingerprint density at radius 1 is 0.315 bits per heavy atom. The zero-order valence-electron chi connectivity index (χ0n) is 70.1. The van der Waals surface area contributed by atoms with Crippen LogP contribution in [0.2, 0.25) is 0 Å². The molecule has 8 aliphatic rings. The number of hydrogen-bond donors (Lipinski definition) is 0. The second kappa shape index (κ2) is 42.6. The van der Waals surface area contributed by atoms with Crippen molar-refractivity contribution >= 4 is 0 Å². The highest BCUT2D eigenvalue weighted by molar-refractivity contribution is 5.60. The Kier molecular flexibility index (Phi) is 31.4. The summed E-state index contributed by atoms with van der Waals surface area (Å²) in [5.74, 6) is -13.0. The minimum atomic E-state index is -1.19. The molecule has 0 spiro atoms. The van der Waals surface area contributed by atoms with Gasteiger partial charge in [-0.2, -0.15) is 43.9 Å². The Morgan fingerprint density at radius 3 is 1.00 bits per heavy atom. The molecule has 4 saturated heterocycles. The molecule has 8 aromatic rings. The van der Waals surface area contributed by atoms with Gasteiger partial charge in [-0.3, -0.25) is 0 Å². The first-order chi connectivity index (χ1) is 60.0. The average molecular weight is 1730 g/mol.